The number of hydrogen-bond acceptors (Lipinski definition) is 3. The van der Waals surface area contributed by atoms with E-state index < -0.39 is 0 Å². The maximum absolute atomic E-state index is 6.29. The smallest absolute Gasteiger partial charge is 0.0834 e. The van der Waals surface area contributed by atoms with Crippen LogP contribution in [-0.2, 0) is 11.8 Å². The summed E-state index contributed by atoms with van der Waals surface area (Å²) in [6.07, 6.45) is 3.89. The quantitative estimate of drug-likeness (QED) is 0.882. The van der Waals surface area contributed by atoms with Gasteiger partial charge >= 0.3 is 0 Å². The first-order chi connectivity index (χ1) is 7.65. The third-order valence-electron chi connectivity index (χ3n) is 3.38. The summed E-state index contributed by atoms with van der Waals surface area (Å²) in [4.78, 5) is 0. The number of ether oxygens (including phenoxy) is 1. The molecule has 5 heteroatoms. The van der Waals surface area contributed by atoms with Crippen molar-refractivity contribution in [3.05, 3.63) is 16.9 Å². The monoisotopic (exact) mass is 243 g/mol. The van der Waals surface area contributed by atoms with Crippen LogP contribution in [0, 0.1) is 5.92 Å². The summed E-state index contributed by atoms with van der Waals surface area (Å²) in [6, 6.07) is -0.0903. The van der Waals surface area contributed by atoms with E-state index in [1.54, 1.807) is 10.9 Å². The third-order valence-corrected chi connectivity index (χ3v) is 3.67. The maximum Gasteiger partial charge on any atom is 0.0834 e. The second-order valence-corrected chi connectivity index (χ2v) is 4.70. The van der Waals surface area contributed by atoms with Crippen LogP contribution >= 0.6 is 11.6 Å². The SMILES string of the molecule is CCC1OCCC1C(N)c1c(Cl)cnn1C. The van der Waals surface area contributed by atoms with Crippen molar-refractivity contribution in [2.45, 2.75) is 31.9 Å². The lowest BCUT2D eigenvalue weighted by Gasteiger charge is -2.24. The van der Waals surface area contributed by atoms with Gasteiger partial charge in [0.2, 0.25) is 0 Å². The molecule has 0 spiro atoms. The van der Waals surface area contributed by atoms with Crippen molar-refractivity contribution in [2.75, 3.05) is 6.61 Å². The molecule has 16 heavy (non-hydrogen) atoms. The summed E-state index contributed by atoms with van der Waals surface area (Å²) >= 11 is 6.11. The third kappa shape index (κ3) is 1.97. The van der Waals surface area contributed by atoms with Crippen molar-refractivity contribution in [1.29, 1.82) is 0 Å². The fraction of sp³-hybridized carbons (Fsp3) is 0.727. The number of aryl methyl sites for hydroxylation is 1. The van der Waals surface area contributed by atoms with E-state index in [-0.39, 0.29) is 12.1 Å². The Labute approximate surface area is 101 Å². The van der Waals surface area contributed by atoms with E-state index in [0.29, 0.717) is 10.9 Å². The van der Waals surface area contributed by atoms with Gasteiger partial charge in [-0.2, -0.15) is 5.10 Å². The van der Waals surface area contributed by atoms with Crippen molar-refractivity contribution < 1.29 is 4.74 Å². The van der Waals surface area contributed by atoms with Gasteiger partial charge in [0.1, 0.15) is 0 Å². The minimum absolute atomic E-state index is 0.0903. The van der Waals surface area contributed by atoms with E-state index in [1.165, 1.54) is 0 Å². The first kappa shape index (κ1) is 11.9. The topological polar surface area (TPSA) is 53.1 Å². The highest BCUT2D eigenvalue weighted by Crippen LogP contribution is 2.35. The molecule has 1 aromatic rings. The number of nitrogens with two attached hydrogens (primary N) is 1. The summed E-state index contributed by atoms with van der Waals surface area (Å²) in [6.45, 7) is 2.92. The molecular weight excluding hydrogens is 226 g/mol. The highest BCUT2D eigenvalue weighted by molar-refractivity contribution is 6.31. The molecule has 2 N–H and O–H groups in total. The molecule has 3 atom stereocenters. The van der Waals surface area contributed by atoms with Crippen LogP contribution in [0.25, 0.3) is 0 Å². The zero-order valence-corrected chi connectivity index (χ0v) is 10.4. The van der Waals surface area contributed by atoms with Gasteiger partial charge in [0.05, 0.1) is 29.1 Å². The molecule has 0 radical (unpaired) electrons. The molecule has 2 heterocycles. The summed E-state index contributed by atoms with van der Waals surface area (Å²) in [5.74, 6) is 0.345. The second-order valence-electron chi connectivity index (χ2n) is 4.30. The van der Waals surface area contributed by atoms with E-state index in [2.05, 4.69) is 12.0 Å². The first-order valence-electron chi connectivity index (χ1n) is 5.69. The highest BCUT2D eigenvalue weighted by atomic mass is 35.5. The fourth-order valence-electron chi connectivity index (χ4n) is 2.49. The second kappa shape index (κ2) is 4.73. The average molecular weight is 244 g/mol. The van der Waals surface area contributed by atoms with E-state index in [4.69, 9.17) is 22.1 Å². The van der Waals surface area contributed by atoms with Crippen molar-refractivity contribution in [3.8, 4) is 0 Å². The van der Waals surface area contributed by atoms with Gasteiger partial charge in [-0.05, 0) is 12.8 Å². The Hall–Kier alpha value is -0.580. The van der Waals surface area contributed by atoms with E-state index in [0.717, 1.165) is 25.1 Å². The summed E-state index contributed by atoms with van der Waals surface area (Å²) in [5, 5.41) is 4.77. The van der Waals surface area contributed by atoms with Gasteiger partial charge in [0, 0.05) is 19.6 Å². The van der Waals surface area contributed by atoms with Crippen LogP contribution in [-0.4, -0.2) is 22.5 Å². The minimum Gasteiger partial charge on any atom is -0.378 e. The number of hydrogen-bond donors (Lipinski definition) is 1. The van der Waals surface area contributed by atoms with Crippen LogP contribution in [0.5, 0.6) is 0 Å². The predicted octanol–water partition coefficient (Wildman–Crippen LogP) is 1.89. The molecular formula is C11H18ClN3O. The normalized spacial score (nSPS) is 27.2. The lowest BCUT2D eigenvalue weighted by Crippen LogP contribution is -2.29. The zero-order valence-electron chi connectivity index (χ0n) is 9.69. The molecule has 1 aliphatic rings. The van der Waals surface area contributed by atoms with Crippen LogP contribution in [0.2, 0.25) is 5.02 Å². The predicted molar refractivity (Wildman–Crippen MR) is 63.3 cm³/mol. The van der Waals surface area contributed by atoms with E-state index in [1.807, 2.05) is 7.05 Å². The largest absolute Gasteiger partial charge is 0.378 e. The van der Waals surface area contributed by atoms with Gasteiger partial charge in [0.15, 0.2) is 0 Å². The van der Waals surface area contributed by atoms with Crippen molar-refractivity contribution in [1.82, 2.24) is 9.78 Å². The molecule has 0 bridgehead atoms. The Morgan fingerprint density at radius 2 is 2.50 bits per heavy atom. The van der Waals surface area contributed by atoms with Gasteiger partial charge in [-0.3, -0.25) is 4.68 Å². The Bertz CT molecular complexity index is 347. The number of nitrogens with zero attached hydrogens (tertiary/aromatic N) is 2. The molecule has 0 aromatic carbocycles. The van der Waals surface area contributed by atoms with Crippen LogP contribution in [0.3, 0.4) is 0 Å². The Morgan fingerprint density at radius 3 is 3.06 bits per heavy atom. The summed E-state index contributed by atoms with van der Waals surface area (Å²) in [7, 11) is 1.87. The molecule has 0 aliphatic carbocycles. The molecule has 90 valence electrons. The fourth-order valence-corrected chi connectivity index (χ4v) is 2.79. The van der Waals surface area contributed by atoms with Crippen LogP contribution in [0.15, 0.2) is 6.20 Å². The van der Waals surface area contributed by atoms with Gasteiger partial charge in [-0.25, -0.2) is 0 Å². The van der Waals surface area contributed by atoms with E-state index in [9.17, 15) is 0 Å². The molecule has 0 amide bonds. The van der Waals surface area contributed by atoms with Crippen LogP contribution in [0.1, 0.15) is 31.5 Å². The molecule has 3 unspecified atom stereocenters. The standard InChI is InChI=1S/C11H18ClN3O/c1-3-9-7(4-5-16-9)10(13)11-8(12)6-14-15(11)2/h6-7,9-10H,3-5,13H2,1-2H3. The van der Waals surface area contributed by atoms with Gasteiger partial charge < -0.3 is 10.5 Å². The van der Waals surface area contributed by atoms with Gasteiger partial charge in [0.25, 0.3) is 0 Å². The molecule has 1 aromatic heterocycles. The van der Waals surface area contributed by atoms with Gasteiger partial charge in [-0.15, -0.1) is 0 Å². The van der Waals surface area contributed by atoms with Crippen LogP contribution < -0.4 is 5.73 Å². The Morgan fingerprint density at radius 1 is 1.75 bits per heavy atom. The molecule has 1 fully saturated rings. The van der Waals surface area contributed by atoms with Crippen LogP contribution in [0.4, 0.5) is 0 Å². The average Bonchev–Trinajstić information content (AvgIpc) is 2.85. The van der Waals surface area contributed by atoms with Crippen molar-refractivity contribution in [2.24, 2.45) is 18.7 Å². The Balaban J connectivity index is 2.21. The number of rotatable bonds is 3. The molecule has 0 saturated carbocycles. The molecule has 1 saturated heterocycles. The summed E-state index contributed by atoms with van der Waals surface area (Å²) in [5.41, 5.74) is 7.20. The lowest BCUT2D eigenvalue weighted by molar-refractivity contribution is 0.0806. The zero-order chi connectivity index (χ0) is 11.7. The number of halogens is 1. The molecule has 1 aliphatic heterocycles. The first-order valence-corrected chi connectivity index (χ1v) is 6.07. The summed E-state index contributed by atoms with van der Waals surface area (Å²) < 4.78 is 7.42. The maximum atomic E-state index is 6.29. The van der Waals surface area contributed by atoms with Gasteiger partial charge in [-0.1, -0.05) is 18.5 Å². The minimum atomic E-state index is -0.0903. The molecule has 2 rings (SSSR count). The highest BCUT2D eigenvalue weighted by Gasteiger charge is 2.34. The number of aromatic nitrogens is 2. The Kier molecular flexibility index (Phi) is 3.52. The molecule has 4 nitrogen and oxygen atoms in total. The van der Waals surface area contributed by atoms with Crippen molar-refractivity contribution in [3.63, 3.8) is 0 Å². The van der Waals surface area contributed by atoms with Crippen molar-refractivity contribution >= 4 is 11.6 Å². The lowest BCUT2D eigenvalue weighted by atomic mass is 9.90. The van der Waals surface area contributed by atoms with E-state index >= 15 is 0 Å².